The predicted octanol–water partition coefficient (Wildman–Crippen LogP) is 0.301. The number of nitrogens with one attached hydrogen (secondary N) is 2. The molecule has 144 valence electrons. The molecule has 0 unspecified atom stereocenters. The number of amides is 5. The summed E-state index contributed by atoms with van der Waals surface area (Å²) in [7, 11) is 1.08. The minimum atomic E-state index is -1.29. The number of esters is 1. The van der Waals surface area contributed by atoms with Gasteiger partial charge in [0.1, 0.15) is 12.1 Å². The monoisotopic (exact) mass is 369 g/mol. The van der Waals surface area contributed by atoms with Crippen LogP contribution in [0.15, 0.2) is 0 Å². The van der Waals surface area contributed by atoms with Gasteiger partial charge in [-0.1, -0.05) is 19.8 Å². The maximum atomic E-state index is 12.7. The van der Waals surface area contributed by atoms with Gasteiger partial charge in [-0.15, -0.1) is 0 Å². The van der Waals surface area contributed by atoms with Crippen LogP contribution >= 0.6 is 0 Å². The van der Waals surface area contributed by atoms with Gasteiger partial charge in [0, 0.05) is 0 Å². The highest BCUT2D eigenvalue weighted by molar-refractivity contribution is 6.09. The third kappa shape index (κ3) is 3.78. The Morgan fingerprint density at radius 1 is 1.35 bits per heavy atom. The van der Waals surface area contributed by atoms with Crippen LogP contribution in [0.5, 0.6) is 0 Å². The molecule has 0 bridgehead atoms. The third-order valence-corrected chi connectivity index (χ3v) is 4.88. The maximum absolute atomic E-state index is 12.7. The van der Waals surface area contributed by atoms with Crippen molar-refractivity contribution in [3.05, 3.63) is 0 Å². The van der Waals surface area contributed by atoms with Crippen molar-refractivity contribution in [3.63, 3.8) is 0 Å². The van der Waals surface area contributed by atoms with Crippen LogP contribution in [0, 0.1) is 5.92 Å². The molecule has 5 amide bonds. The molecule has 26 heavy (non-hydrogen) atoms. The van der Waals surface area contributed by atoms with E-state index in [2.05, 4.69) is 10.1 Å². The highest BCUT2D eigenvalue weighted by Gasteiger charge is 2.55. The molecule has 2 rings (SSSR count). The molecule has 1 saturated carbocycles. The van der Waals surface area contributed by atoms with E-state index in [0.717, 1.165) is 31.3 Å². The Morgan fingerprint density at radius 2 is 2.04 bits per heavy atom. The molecule has 0 aromatic rings. The van der Waals surface area contributed by atoms with Gasteiger partial charge in [-0.25, -0.2) is 9.59 Å². The number of urea groups is 1. The smallest absolute Gasteiger partial charge is 0.413 e. The Balaban J connectivity index is 1.96. The van der Waals surface area contributed by atoms with Crippen molar-refractivity contribution in [1.29, 1.82) is 0 Å². The third-order valence-electron chi connectivity index (χ3n) is 4.88. The van der Waals surface area contributed by atoms with Crippen LogP contribution in [-0.4, -0.2) is 60.1 Å². The van der Waals surface area contributed by atoms with Gasteiger partial charge in [0.2, 0.25) is 0 Å². The number of ether oxygens (including phenoxy) is 2. The number of rotatable bonds is 4. The summed E-state index contributed by atoms with van der Waals surface area (Å²) in [5.41, 5.74) is -0.969. The molecular weight excluding hydrogens is 346 g/mol. The topological polar surface area (TPSA) is 131 Å². The molecule has 2 aliphatic rings. The van der Waals surface area contributed by atoms with Crippen molar-refractivity contribution in [2.45, 2.75) is 51.2 Å². The van der Waals surface area contributed by atoms with Gasteiger partial charge >= 0.3 is 18.1 Å². The minimum absolute atomic E-state index is 0.0292. The molecular formula is C16H23N3O7. The average Bonchev–Trinajstić information content (AvgIpc) is 2.82. The summed E-state index contributed by atoms with van der Waals surface area (Å²) in [6.07, 6.45) is 0.877. The van der Waals surface area contributed by atoms with E-state index in [4.69, 9.17) is 4.74 Å². The fourth-order valence-corrected chi connectivity index (χ4v) is 3.31. The highest BCUT2D eigenvalue weighted by atomic mass is 16.6. The second kappa shape index (κ2) is 7.71. The van der Waals surface area contributed by atoms with E-state index in [-0.39, 0.29) is 5.92 Å². The second-order valence-corrected chi connectivity index (χ2v) is 6.55. The molecule has 2 N–H and O–H groups in total. The van der Waals surface area contributed by atoms with Gasteiger partial charge < -0.3 is 14.8 Å². The molecule has 1 aliphatic heterocycles. The minimum Gasteiger partial charge on any atom is -0.453 e. The van der Waals surface area contributed by atoms with Gasteiger partial charge in [-0.3, -0.25) is 24.6 Å². The molecule has 0 aromatic heterocycles. The van der Waals surface area contributed by atoms with E-state index in [1.165, 1.54) is 6.92 Å². The molecule has 2 fully saturated rings. The van der Waals surface area contributed by atoms with E-state index in [9.17, 15) is 24.0 Å². The summed E-state index contributed by atoms with van der Waals surface area (Å²) in [4.78, 5) is 60.4. The standard InChI is InChI=1S/C16H23N3O7/c1-9-6-4-5-7-16(9)13(22)19(14(23)18-16)8-11(20)26-10(2)12(21)17-15(24)25-3/h9-10H,4-8H2,1-3H3,(H,18,23)(H,17,21,24)/t9-,10+,16+/m1/s1. The highest BCUT2D eigenvalue weighted by Crippen LogP contribution is 2.38. The maximum Gasteiger partial charge on any atom is 0.413 e. The fourth-order valence-electron chi connectivity index (χ4n) is 3.31. The summed E-state index contributed by atoms with van der Waals surface area (Å²) in [6, 6.07) is -0.646. The second-order valence-electron chi connectivity index (χ2n) is 6.55. The molecule has 10 heteroatoms. The number of imide groups is 2. The molecule has 3 atom stereocenters. The largest absolute Gasteiger partial charge is 0.453 e. The van der Waals surface area contributed by atoms with E-state index in [0.29, 0.717) is 6.42 Å². The van der Waals surface area contributed by atoms with Crippen LogP contribution < -0.4 is 10.6 Å². The van der Waals surface area contributed by atoms with Crippen molar-refractivity contribution in [2.75, 3.05) is 13.7 Å². The van der Waals surface area contributed by atoms with Gasteiger partial charge in [0.25, 0.3) is 11.8 Å². The lowest BCUT2D eigenvalue weighted by molar-refractivity contribution is -0.156. The molecule has 10 nitrogen and oxygen atoms in total. The molecule has 0 aromatic carbocycles. The van der Waals surface area contributed by atoms with Crippen LogP contribution in [0.2, 0.25) is 0 Å². The SMILES string of the molecule is COC(=O)NC(=O)[C@H](C)OC(=O)CN1C(=O)N[C@]2(CCCC[C@H]2C)C1=O. The number of nitrogens with zero attached hydrogens (tertiary/aromatic N) is 1. The Kier molecular flexibility index (Phi) is 5.83. The Labute approximate surface area is 150 Å². The summed E-state index contributed by atoms with van der Waals surface area (Å²) >= 11 is 0. The quantitative estimate of drug-likeness (QED) is 0.538. The predicted molar refractivity (Wildman–Crippen MR) is 86.7 cm³/mol. The average molecular weight is 369 g/mol. The number of carbonyl (C=O) groups is 5. The zero-order chi connectivity index (χ0) is 19.5. The lowest BCUT2D eigenvalue weighted by Gasteiger charge is -2.36. The van der Waals surface area contributed by atoms with Gasteiger partial charge in [0.05, 0.1) is 7.11 Å². The zero-order valence-electron chi connectivity index (χ0n) is 15.0. The number of carbonyl (C=O) groups excluding carboxylic acids is 5. The summed E-state index contributed by atoms with van der Waals surface area (Å²) in [5, 5.41) is 4.58. The first-order valence-electron chi connectivity index (χ1n) is 8.43. The Morgan fingerprint density at radius 3 is 2.65 bits per heavy atom. The first-order chi connectivity index (χ1) is 12.2. The van der Waals surface area contributed by atoms with Crippen molar-refractivity contribution < 1.29 is 33.4 Å². The first kappa shape index (κ1) is 19.7. The van der Waals surface area contributed by atoms with E-state index < -0.39 is 48.1 Å². The van der Waals surface area contributed by atoms with Crippen molar-refractivity contribution in [1.82, 2.24) is 15.5 Å². The van der Waals surface area contributed by atoms with E-state index in [1.54, 1.807) is 0 Å². The molecule has 1 heterocycles. The Bertz CT molecular complexity index is 635. The molecule has 0 radical (unpaired) electrons. The Hall–Kier alpha value is -2.65. The van der Waals surface area contributed by atoms with Crippen molar-refractivity contribution >= 4 is 29.9 Å². The summed E-state index contributed by atoms with van der Waals surface area (Å²) < 4.78 is 9.15. The van der Waals surface area contributed by atoms with E-state index in [1.807, 2.05) is 12.2 Å². The summed E-state index contributed by atoms with van der Waals surface area (Å²) in [5.74, 6) is -2.28. The summed E-state index contributed by atoms with van der Waals surface area (Å²) in [6.45, 7) is 2.56. The zero-order valence-corrected chi connectivity index (χ0v) is 15.0. The lowest BCUT2D eigenvalue weighted by Crippen LogP contribution is -2.54. The number of hydrogen-bond donors (Lipinski definition) is 2. The molecule has 1 spiro atoms. The molecule has 1 aliphatic carbocycles. The number of alkyl carbamates (subject to hydrolysis) is 1. The van der Waals surface area contributed by atoms with Gasteiger partial charge in [-0.2, -0.15) is 0 Å². The van der Waals surface area contributed by atoms with Crippen molar-refractivity contribution in [3.8, 4) is 0 Å². The number of methoxy groups -OCH3 is 1. The van der Waals surface area contributed by atoms with Crippen molar-refractivity contribution in [2.24, 2.45) is 5.92 Å². The van der Waals surface area contributed by atoms with Crippen LogP contribution in [0.4, 0.5) is 9.59 Å². The van der Waals surface area contributed by atoms with Crippen LogP contribution in [0.3, 0.4) is 0 Å². The van der Waals surface area contributed by atoms with E-state index >= 15 is 0 Å². The first-order valence-corrected chi connectivity index (χ1v) is 8.43. The van der Waals surface area contributed by atoms with Crippen LogP contribution in [0.25, 0.3) is 0 Å². The van der Waals surface area contributed by atoms with Gasteiger partial charge in [0.15, 0.2) is 6.10 Å². The lowest BCUT2D eigenvalue weighted by atomic mass is 9.73. The van der Waals surface area contributed by atoms with Gasteiger partial charge in [-0.05, 0) is 25.7 Å². The fraction of sp³-hybridized carbons (Fsp3) is 0.688. The van der Waals surface area contributed by atoms with Crippen LogP contribution in [-0.2, 0) is 23.9 Å². The van der Waals surface area contributed by atoms with Crippen LogP contribution in [0.1, 0.15) is 39.5 Å². The molecule has 1 saturated heterocycles. The number of hydrogen-bond acceptors (Lipinski definition) is 7. The normalized spacial score (nSPS) is 26.3.